The molecule has 0 unspecified atom stereocenters. The van der Waals surface area contributed by atoms with Gasteiger partial charge < -0.3 is 14.7 Å². The molecule has 0 N–H and O–H groups in total. The second kappa shape index (κ2) is 7.02. The van der Waals surface area contributed by atoms with Crippen LogP contribution in [0.5, 0.6) is 0 Å². The predicted octanol–water partition coefficient (Wildman–Crippen LogP) is 1.59. The largest absolute Gasteiger partial charge is 0.370 e. The highest BCUT2D eigenvalue weighted by atomic mass is 16.2. The van der Waals surface area contributed by atoms with Gasteiger partial charge in [-0.2, -0.15) is 0 Å². The summed E-state index contributed by atoms with van der Waals surface area (Å²) >= 11 is 0. The van der Waals surface area contributed by atoms with Crippen LogP contribution in [0.3, 0.4) is 0 Å². The zero-order chi connectivity index (χ0) is 16.2. The van der Waals surface area contributed by atoms with Crippen molar-refractivity contribution in [2.75, 3.05) is 44.2 Å². The maximum absolute atomic E-state index is 12.7. The van der Waals surface area contributed by atoms with Crippen molar-refractivity contribution in [1.29, 1.82) is 0 Å². The number of carbonyl (C=O) groups is 2. The molecule has 0 saturated carbocycles. The number of nitrogens with zero attached hydrogens (tertiary/aromatic N) is 3. The van der Waals surface area contributed by atoms with Gasteiger partial charge in [0.15, 0.2) is 0 Å². The molecule has 124 valence electrons. The van der Waals surface area contributed by atoms with E-state index in [-0.39, 0.29) is 17.7 Å². The quantitative estimate of drug-likeness (QED) is 0.851. The second-order valence-electron chi connectivity index (χ2n) is 6.33. The highest BCUT2D eigenvalue weighted by Crippen LogP contribution is 2.22. The average molecular weight is 315 g/mol. The van der Waals surface area contributed by atoms with E-state index in [9.17, 15) is 9.59 Å². The molecule has 0 aliphatic carbocycles. The molecule has 2 fully saturated rings. The van der Waals surface area contributed by atoms with Crippen LogP contribution in [0.2, 0.25) is 0 Å². The molecule has 2 aliphatic heterocycles. The second-order valence-corrected chi connectivity index (χ2v) is 6.33. The first-order valence-electron chi connectivity index (χ1n) is 8.55. The van der Waals surface area contributed by atoms with Crippen LogP contribution >= 0.6 is 0 Å². The number of hydrogen-bond acceptors (Lipinski definition) is 3. The minimum absolute atomic E-state index is 0.117. The monoisotopic (exact) mass is 315 g/mol. The average Bonchev–Trinajstić information content (AvgIpc) is 2.81. The first-order valence-corrected chi connectivity index (χ1v) is 8.55. The summed E-state index contributed by atoms with van der Waals surface area (Å²) < 4.78 is 0. The third-order valence-electron chi connectivity index (χ3n) is 4.87. The molecular formula is C18H25N3O2. The molecule has 5 nitrogen and oxygen atoms in total. The zero-order valence-corrected chi connectivity index (χ0v) is 13.8. The Morgan fingerprint density at radius 2 is 1.91 bits per heavy atom. The van der Waals surface area contributed by atoms with E-state index in [0.717, 1.165) is 32.6 Å². The van der Waals surface area contributed by atoms with E-state index in [4.69, 9.17) is 0 Å². The van der Waals surface area contributed by atoms with Crippen LogP contribution in [0.4, 0.5) is 5.69 Å². The number of para-hydroxylation sites is 1. The SMILES string of the molecule is CCN1C[C@@H](C(=O)N2CCCN(c3ccccc3)CC2)CC1=O. The lowest BCUT2D eigenvalue weighted by Crippen LogP contribution is -2.40. The van der Waals surface area contributed by atoms with E-state index < -0.39 is 0 Å². The van der Waals surface area contributed by atoms with Crippen LogP contribution in [0.1, 0.15) is 19.8 Å². The van der Waals surface area contributed by atoms with Crippen LogP contribution < -0.4 is 4.90 Å². The summed E-state index contributed by atoms with van der Waals surface area (Å²) in [5.41, 5.74) is 1.22. The van der Waals surface area contributed by atoms with Gasteiger partial charge in [-0.15, -0.1) is 0 Å². The van der Waals surface area contributed by atoms with E-state index in [1.807, 2.05) is 30.0 Å². The van der Waals surface area contributed by atoms with E-state index in [1.165, 1.54) is 5.69 Å². The summed E-state index contributed by atoms with van der Waals surface area (Å²) in [5, 5.41) is 0. The van der Waals surface area contributed by atoms with E-state index in [0.29, 0.717) is 19.5 Å². The van der Waals surface area contributed by atoms with Gasteiger partial charge in [-0.1, -0.05) is 18.2 Å². The van der Waals surface area contributed by atoms with Crippen LogP contribution in [-0.4, -0.2) is 60.9 Å². The maximum Gasteiger partial charge on any atom is 0.228 e. The number of anilines is 1. The Bertz CT molecular complexity index is 561. The highest BCUT2D eigenvalue weighted by molar-refractivity contribution is 5.89. The number of benzene rings is 1. The third kappa shape index (κ3) is 3.49. The van der Waals surface area contributed by atoms with Gasteiger partial charge in [0.05, 0.1) is 5.92 Å². The third-order valence-corrected chi connectivity index (χ3v) is 4.87. The molecule has 3 rings (SSSR count). The molecule has 23 heavy (non-hydrogen) atoms. The molecule has 2 saturated heterocycles. The van der Waals surface area contributed by atoms with Gasteiger partial charge in [-0.25, -0.2) is 0 Å². The normalized spacial score (nSPS) is 22.4. The topological polar surface area (TPSA) is 43.9 Å². The van der Waals surface area contributed by atoms with E-state index >= 15 is 0 Å². The van der Waals surface area contributed by atoms with Gasteiger partial charge in [-0.05, 0) is 25.5 Å². The number of carbonyl (C=O) groups excluding carboxylic acids is 2. The first-order chi connectivity index (χ1) is 11.2. The van der Waals surface area contributed by atoms with Gasteiger partial charge in [0.1, 0.15) is 0 Å². The fourth-order valence-corrected chi connectivity index (χ4v) is 3.54. The Morgan fingerprint density at radius 3 is 2.61 bits per heavy atom. The van der Waals surface area contributed by atoms with Crippen molar-refractivity contribution in [3.63, 3.8) is 0 Å². The summed E-state index contributed by atoms with van der Waals surface area (Å²) in [5.74, 6) is 0.126. The zero-order valence-electron chi connectivity index (χ0n) is 13.8. The van der Waals surface area contributed by atoms with E-state index in [2.05, 4.69) is 17.0 Å². The summed E-state index contributed by atoms with van der Waals surface area (Å²) in [6.45, 7) is 6.61. The Labute approximate surface area is 137 Å². The molecule has 2 aliphatic rings. The highest BCUT2D eigenvalue weighted by Gasteiger charge is 2.36. The molecule has 1 aromatic rings. The van der Waals surface area contributed by atoms with Crippen molar-refractivity contribution < 1.29 is 9.59 Å². The number of amides is 2. The Balaban J connectivity index is 1.60. The molecule has 0 spiro atoms. The van der Waals surface area contributed by atoms with Crippen molar-refractivity contribution in [3.05, 3.63) is 30.3 Å². The number of rotatable bonds is 3. The molecule has 0 bridgehead atoms. The van der Waals surface area contributed by atoms with Gasteiger partial charge >= 0.3 is 0 Å². The summed E-state index contributed by atoms with van der Waals surface area (Å²) in [6, 6.07) is 10.4. The summed E-state index contributed by atoms with van der Waals surface area (Å²) in [7, 11) is 0. The molecule has 0 aromatic heterocycles. The minimum Gasteiger partial charge on any atom is -0.370 e. The lowest BCUT2D eigenvalue weighted by molar-refractivity contribution is -0.135. The Morgan fingerprint density at radius 1 is 1.13 bits per heavy atom. The van der Waals surface area contributed by atoms with Gasteiger partial charge in [0.25, 0.3) is 0 Å². The molecule has 0 radical (unpaired) electrons. The van der Waals surface area contributed by atoms with Crippen LogP contribution in [0.15, 0.2) is 30.3 Å². The molecule has 5 heteroatoms. The van der Waals surface area contributed by atoms with Crippen molar-refractivity contribution in [1.82, 2.24) is 9.80 Å². The Hall–Kier alpha value is -2.04. The minimum atomic E-state index is -0.147. The molecule has 1 aromatic carbocycles. The van der Waals surface area contributed by atoms with Crippen LogP contribution in [0, 0.1) is 5.92 Å². The Kier molecular flexibility index (Phi) is 4.84. The van der Waals surface area contributed by atoms with E-state index in [1.54, 1.807) is 4.90 Å². The van der Waals surface area contributed by atoms with Gasteiger partial charge in [-0.3, -0.25) is 9.59 Å². The fraction of sp³-hybridized carbons (Fsp3) is 0.556. The van der Waals surface area contributed by atoms with Crippen molar-refractivity contribution in [2.24, 2.45) is 5.92 Å². The number of likely N-dealkylation sites (tertiary alicyclic amines) is 1. The lowest BCUT2D eigenvalue weighted by atomic mass is 10.1. The smallest absolute Gasteiger partial charge is 0.228 e. The summed E-state index contributed by atoms with van der Waals surface area (Å²) in [4.78, 5) is 30.7. The van der Waals surface area contributed by atoms with Crippen LogP contribution in [0.25, 0.3) is 0 Å². The first kappa shape index (κ1) is 15.8. The van der Waals surface area contributed by atoms with Gasteiger partial charge in [0, 0.05) is 51.4 Å². The fourth-order valence-electron chi connectivity index (χ4n) is 3.54. The van der Waals surface area contributed by atoms with Crippen molar-refractivity contribution >= 4 is 17.5 Å². The molecule has 2 amide bonds. The standard InChI is InChI=1S/C18H25N3O2/c1-2-19-14-15(13-17(19)22)18(23)21-10-6-9-20(11-12-21)16-7-4-3-5-8-16/h3-5,7-8,15H,2,6,9-14H2,1H3/t15-/m0/s1. The maximum atomic E-state index is 12.7. The van der Waals surface area contributed by atoms with Crippen LogP contribution in [-0.2, 0) is 9.59 Å². The molecule has 2 heterocycles. The predicted molar refractivity (Wildman–Crippen MR) is 90.2 cm³/mol. The van der Waals surface area contributed by atoms with Gasteiger partial charge in [0.2, 0.25) is 11.8 Å². The lowest BCUT2D eigenvalue weighted by Gasteiger charge is -2.25. The van der Waals surface area contributed by atoms with Crippen molar-refractivity contribution in [3.8, 4) is 0 Å². The van der Waals surface area contributed by atoms with Crippen molar-refractivity contribution in [2.45, 2.75) is 19.8 Å². The molecule has 1 atom stereocenters. The summed E-state index contributed by atoms with van der Waals surface area (Å²) in [6.07, 6.45) is 1.35. The number of hydrogen-bond donors (Lipinski definition) is 0. The molecular weight excluding hydrogens is 290 g/mol.